The van der Waals surface area contributed by atoms with E-state index in [0.717, 1.165) is 13.0 Å². The summed E-state index contributed by atoms with van der Waals surface area (Å²) < 4.78 is 0. The van der Waals surface area contributed by atoms with E-state index in [9.17, 15) is 14.4 Å². The Labute approximate surface area is 94.2 Å². The number of piperidine rings is 1. The Hall–Kier alpha value is -1.23. The van der Waals surface area contributed by atoms with Crippen molar-refractivity contribution >= 4 is 17.6 Å². The summed E-state index contributed by atoms with van der Waals surface area (Å²) in [6, 6.07) is 0. The van der Waals surface area contributed by atoms with Crippen LogP contribution in [0.5, 0.6) is 0 Å². The van der Waals surface area contributed by atoms with Crippen molar-refractivity contribution in [3.63, 3.8) is 0 Å². The molecule has 0 aromatic carbocycles. The van der Waals surface area contributed by atoms with Crippen LogP contribution in [0.15, 0.2) is 0 Å². The molecule has 2 saturated heterocycles. The first-order valence-electron chi connectivity index (χ1n) is 5.58. The summed E-state index contributed by atoms with van der Waals surface area (Å²) in [7, 11) is 0. The van der Waals surface area contributed by atoms with E-state index in [0.29, 0.717) is 25.9 Å². The molecule has 0 radical (unpaired) electrons. The normalized spacial score (nSPS) is 30.8. The van der Waals surface area contributed by atoms with Crippen LogP contribution in [0.25, 0.3) is 0 Å². The topological polar surface area (TPSA) is 66.5 Å². The minimum atomic E-state index is -0.427. The van der Waals surface area contributed by atoms with Crippen LogP contribution in [0, 0.1) is 5.41 Å². The van der Waals surface area contributed by atoms with Gasteiger partial charge in [0, 0.05) is 13.0 Å². The predicted molar refractivity (Wildman–Crippen MR) is 56.6 cm³/mol. The lowest BCUT2D eigenvalue weighted by molar-refractivity contribution is -0.141. The highest BCUT2D eigenvalue weighted by molar-refractivity contribution is 6.00. The van der Waals surface area contributed by atoms with Crippen LogP contribution in [0.2, 0.25) is 0 Å². The van der Waals surface area contributed by atoms with Crippen LogP contribution in [-0.4, -0.2) is 42.1 Å². The second-order valence-corrected chi connectivity index (χ2v) is 4.82. The Bertz CT molecular complexity index is 353. The Morgan fingerprint density at radius 3 is 2.81 bits per heavy atom. The van der Waals surface area contributed by atoms with Gasteiger partial charge in [0.25, 0.3) is 0 Å². The molecule has 5 nitrogen and oxygen atoms in total. The van der Waals surface area contributed by atoms with Crippen molar-refractivity contribution in [1.29, 1.82) is 0 Å². The number of Topliss-reactive ketones (excluding diaryl/α,β-unsaturated/α-hetero) is 1. The van der Waals surface area contributed by atoms with Gasteiger partial charge in [-0.25, -0.2) is 0 Å². The summed E-state index contributed by atoms with van der Waals surface area (Å²) >= 11 is 0. The molecule has 5 heteroatoms. The number of nitrogens with one attached hydrogen (secondary N) is 1. The molecule has 1 unspecified atom stereocenters. The maximum absolute atomic E-state index is 11.8. The van der Waals surface area contributed by atoms with Gasteiger partial charge < -0.3 is 0 Å². The highest BCUT2D eigenvalue weighted by Crippen LogP contribution is 2.37. The first-order chi connectivity index (χ1) is 7.52. The van der Waals surface area contributed by atoms with Gasteiger partial charge >= 0.3 is 0 Å². The van der Waals surface area contributed by atoms with Crippen LogP contribution in [0.3, 0.4) is 0 Å². The SMILES string of the molecule is CC(=O)CN1CCC2(CCC(=O)NC2=O)C1. The summed E-state index contributed by atoms with van der Waals surface area (Å²) in [4.78, 5) is 35.9. The van der Waals surface area contributed by atoms with E-state index in [2.05, 4.69) is 5.32 Å². The van der Waals surface area contributed by atoms with Gasteiger partial charge in [0.15, 0.2) is 0 Å². The molecular weight excluding hydrogens is 208 g/mol. The third-order valence-corrected chi connectivity index (χ3v) is 3.44. The van der Waals surface area contributed by atoms with Gasteiger partial charge in [0.05, 0.1) is 12.0 Å². The lowest BCUT2D eigenvalue weighted by atomic mass is 9.79. The number of imide groups is 1. The first-order valence-corrected chi connectivity index (χ1v) is 5.58. The standard InChI is InChI=1S/C11H16N2O3/c1-8(14)6-13-5-4-11(7-13)3-2-9(15)12-10(11)16/h2-7H2,1H3,(H,12,15,16). The molecule has 2 rings (SSSR count). The minimum absolute atomic E-state index is 0.115. The molecule has 2 fully saturated rings. The summed E-state index contributed by atoms with van der Waals surface area (Å²) in [5.41, 5.74) is -0.427. The van der Waals surface area contributed by atoms with Crippen LogP contribution >= 0.6 is 0 Å². The van der Waals surface area contributed by atoms with Gasteiger partial charge in [0.2, 0.25) is 11.8 Å². The smallest absolute Gasteiger partial charge is 0.234 e. The fourth-order valence-corrected chi connectivity index (χ4v) is 2.59. The van der Waals surface area contributed by atoms with Gasteiger partial charge in [-0.05, 0) is 26.3 Å². The number of hydrogen-bond acceptors (Lipinski definition) is 4. The van der Waals surface area contributed by atoms with Gasteiger partial charge in [-0.15, -0.1) is 0 Å². The molecule has 16 heavy (non-hydrogen) atoms. The van der Waals surface area contributed by atoms with Gasteiger partial charge in [0.1, 0.15) is 5.78 Å². The molecule has 0 saturated carbocycles. The minimum Gasteiger partial charge on any atom is -0.299 e. The van der Waals surface area contributed by atoms with E-state index in [4.69, 9.17) is 0 Å². The summed E-state index contributed by atoms with van der Waals surface area (Å²) in [5.74, 6) is -0.222. The fourth-order valence-electron chi connectivity index (χ4n) is 2.59. The van der Waals surface area contributed by atoms with Gasteiger partial charge in [-0.2, -0.15) is 0 Å². The average Bonchev–Trinajstić information content (AvgIpc) is 2.57. The molecular formula is C11H16N2O3. The predicted octanol–water partition coefficient (Wildman–Crippen LogP) is -0.296. The number of ketones is 1. The zero-order valence-electron chi connectivity index (χ0n) is 9.41. The Morgan fingerprint density at radius 2 is 2.19 bits per heavy atom. The third-order valence-electron chi connectivity index (χ3n) is 3.44. The quantitative estimate of drug-likeness (QED) is 0.654. The maximum Gasteiger partial charge on any atom is 0.234 e. The number of nitrogens with zero attached hydrogens (tertiary/aromatic N) is 1. The molecule has 2 aliphatic heterocycles. The van der Waals surface area contributed by atoms with E-state index in [1.807, 2.05) is 4.90 Å². The number of rotatable bonds is 2. The molecule has 0 aromatic heterocycles. The zero-order chi connectivity index (χ0) is 11.8. The summed E-state index contributed by atoms with van der Waals surface area (Å²) in [6.45, 7) is 3.32. The second kappa shape index (κ2) is 3.97. The lowest BCUT2D eigenvalue weighted by Crippen LogP contribution is -2.50. The number of amides is 2. The van der Waals surface area contributed by atoms with E-state index >= 15 is 0 Å². The molecule has 0 aromatic rings. The molecule has 88 valence electrons. The van der Waals surface area contributed by atoms with Crippen molar-refractivity contribution in [3.8, 4) is 0 Å². The van der Waals surface area contributed by atoms with Crippen LogP contribution < -0.4 is 5.32 Å². The van der Waals surface area contributed by atoms with Crippen molar-refractivity contribution in [1.82, 2.24) is 10.2 Å². The molecule has 0 bridgehead atoms. The molecule has 2 heterocycles. The molecule has 1 spiro atoms. The van der Waals surface area contributed by atoms with Crippen molar-refractivity contribution in [2.75, 3.05) is 19.6 Å². The average molecular weight is 224 g/mol. The number of likely N-dealkylation sites (tertiary alicyclic amines) is 1. The van der Waals surface area contributed by atoms with Crippen LogP contribution in [-0.2, 0) is 14.4 Å². The van der Waals surface area contributed by atoms with E-state index in [-0.39, 0.29) is 17.6 Å². The summed E-state index contributed by atoms with van der Waals surface area (Å²) in [6.07, 6.45) is 1.78. The summed E-state index contributed by atoms with van der Waals surface area (Å²) in [5, 5.41) is 2.40. The fraction of sp³-hybridized carbons (Fsp3) is 0.727. The highest BCUT2D eigenvalue weighted by Gasteiger charge is 2.47. The maximum atomic E-state index is 11.8. The number of hydrogen-bond donors (Lipinski definition) is 1. The Morgan fingerprint density at radius 1 is 1.44 bits per heavy atom. The van der Waals surface area contributed by atoms with Crippen molar-refractivity contribution in [2.24, 2.45) is 5.41 Å². The van der Waals surface area contributed by atoms with E-state index < -0.39 is 5.41 Å². The largest absolute Gasteiger partial charge is 0.299 e. The zero-order valence-corrected chi connectivity index (χ0v) is 9.41. The van der Waals surface area contributed by atoms with Crippen LogP contribution in [0.1, 0.15) is 26.2 Å². The molecule has 2 aliphatic rings. The monoisotopic (exact) mass is 224 g/mol. The van der Waals surface area contributed by atoms with Gasteiger partial charge in [-0.3, -0.25) is 24.6 Å². The molecule has 1 atom stereocenters. The Balaban J connectivity index is 2.03. The van der Waals surface area contributed by atoms with Gasteiger partial charge in [-0.1, -0.05) is 0 Å². The first kappa shape index (κ1) is 11.3. The Kier molecular flexibility index (Phi) is 2.80. The van der Waals surface area contributed by atoms with Crippen molar-refractivity contribution in [3.05, 3.63) is 0 Å². The second-order valence-electron chi connectivity index (χ2n) is 4.82. The van der Waals surface area contributed by atoms with Crippen molar-refractivity contribution < 1.29 is 14.4 Å². The molecule has 1 N–H and O–H groups in total. The molecule has 0 aliphatic carbocycles. The number of carbonyl (C=O) groups excluding carboxylic acids is 3. The van der Waals surface area contributed by atoms with Crippen molar-refractivity contribution in [2.45, 2.75) is 26.2 Å². The van der Waals surface area contributed by atoms with E-state index in [1.54, 1.807) is 6.92 Å². The third kappa shape index (κ3) is 2.00. The number of carbonyl (C=O) groups is 3. The van der Waals surface area contributed by atoms with Crippen LogP contribution in [0.4, 0.5) is 0 Å². The lowest BCUT2D eigenvalue weighted by Gasteiger charge is -2.31. The molecule has 2 amide bonds. The van der Waals surface area contributed by atoms with E-state index in [1.165, 1.54) is 0 Å². The highest BCUT2D eigenvalue weighted by atomic mass is 16.2.